The van der Waals surface area contributed by atoms with E-state index in [1.54, 1.807) is 11.3 Å². The summed E-state index contributed by atoms with van der Waals surface area (Å²) < 4.78 is 5.58. The van der Waals surface area contributed by atoms with Crippen molar-refractivity contribution in [2.75, 3.05) is 13.2 Å². The third kappa shape index (κ3) is 6.06. The van der Waals surface area contributed by atoms with Crippen molar-refractivity contribution in [3.05, 3.63) is 52.2 Å². The third-order valence-electron chi connectivity index (χ3n) is 3.06. The maximum Gasteiger partial charge on any atom is 0.119 e. The molecule has 2 atom stereocenters. The van der Waals surface area contributed by atoms with Crippen molar-refractivity contribution < 1.29 is 9.84 Å². The molecule has 0 aliphatic heterocycles. The van der Waals surface area contributed by atoms with Gasteiger partial charge in [-0.25, -0.2) is 0 Å². The number of halogens is 1. The molecular formula is C16H22ClNO2S. The molecule has 0 spiro atoms. The fourth-order valence-corrected chi connectivity index (χ4v) is 2.67. The number of thiophene rings is 1. The van der Waals surface area contributed by atoms with E-state index in [-0.39, 0.29) is 18.4 Å². The van der Waals surface area contributed by atoms with Gasteiger partial charge in [-0.2, -0.15) is 0 Å². The molecule has 2 aromatic rings. The standard InChI is InChI=1S/C16H21NO2S.ClH/c1-12-5-3-6-15(9-12)19-11-14(18)10-17-13(2)16-7-4-8-20-16;/h3-9,13-14,17-18H,10-11H2,1-2H3;1H. The summed E-state index contributed by atoms with van der Waals surface area (Å²) >= 11 is 1.72. The lowest BCUT2D eigenvalue weighted by Crippen LogP contribution is -2.32. The van der Waals surface area contributed by atoms with Crippen LogP contribution in [0.5, 0.6) is 5.75 Å². The summed E-state index contributed by atoms with van der Waals surface area (Å²) in [5.41, 5.74) is 1.15. The molecule has 1 aromatic heterocycles. The van der Waals surface area contributed by atoms with Crippen LogP contribution in [0.15, 0.2) is 41.8 Å². The average molecular weight is 328 g/mol. The number of benzene rings is 1. The van der Waals surface area contributed by atoms with Crippen LogP contribution >= 0.6 is 23.7 Å². The van der Waals surface area contributed by atoms with Gasteiger partial charge < -0.3 is 15.2 Å². The lowest BCUT2D eigenvalue weighted by atomic mass is 10.2. The molecule has 0 fully saturated rings. The lowest BCUT2D eigenvalue weighted by molar-refractivity contribution is 0.104. The van der Waals surface area contributed by atoms with Crippen LogP contribution in [0.1, 0.15) is 23.4 Å². The maximum absolute atomic E-state index is 9.94. The van der Waals surface area contributed by atoms with Crippen molar-refractivity contribution in [2.45, 2.75) is 26.0 Å². The largest absolute Gasteiger partial charge is 0.491 e. The van der Waals surface area contributed by atoms with Gasteiger partial charge in [0, 0.05) is 17.5 Å². The van der Waals surface area contributed by atoms with E-state index in [2.05, 4.69) is 23.7 Å². The Hall–Kier alpha value is -1.07. The normalized spacial score (nSPS) is 13.3. The zero-order chi connectivity index (χ0) is 14.4. The van der Waals surface area contributed by atoms with E-state index in [4.69, 9.17) is 4.74 Å². The summed E-state index contributed by atoms with van der Waals surface area (Å²) in [5, 5.41) is 15.3. The van der Waals surface area contributed by atoms with Gasteiger partial charge in [0.05, 0.1) is 0 Å². The van der Waals surface area contributed by atoms with E-state index in [1.165, 1.54) is 4.88 Å². The minimum Gasteiger partial charge on any atom is -0.491 e. The summed E-state index contributed by atoms with van der Waals surface area (Å²) in [5.74, 6) is 0.801. The lowest BCUT2D eigenvalue weighted by Gasteiger charge is -2.17. The highest BCUT2D eigenvalue weighted by atomic mass is 35.5. The number of aryl methyl sites for hydroxylation is 1. The summed E-state index contributed by atoms with van der Waals surface area (Å²) in [6.07, 6.45) is -0.516. The summed E-state index contributed by atoms with van der Waals surface area (Å²) in [4.78, 5) is 1.27. The molecule has 0 bridgehead atoms. The predicted octanol–water partition coefficient (Wildman–Crippen LogP) is 3.57. The second-order valence-corrected chi connectivity index (χ2v) is 5.91. The number of nitrogens with one attached hydrogen (secondary N) is 1. The number of hydrogen-bond acceptors (Lipinski definition) is 4. The van der Waals surface area contributed by atoms with Crippen LogP contribution in [-0.2, 0) is 0 Å². The molecule has 0 saturated carbocycles. The Balaban J connectivity index is 0.00000220. The van der Waals surface area contributed by atoms with Crippen LogP contribution < -0.4 is 10.1 Å². The summed E-state index contributed by atoms with van der Waals surface area (Å²) in [6, 6.07) is 12.2. The Kier molecular flexibility index (Phi) is 7.75. The van der Waals surface area contributed by atoms with Crippen molar-refractivity contribution in [3.8, 4) is 5.75 Å². The van der Waals surface area contributed by atoms with Crippen LogP contribution in [0.25, 0.3) is 0 Å². The molecular weight excluding hydrogens is 306 g/mol. The van der Waals surface area contributed by atoms with Gasteiger partial charge in [0.1, 0.15) is 18.5 Å². The molecule has 3 nitrogen and oxygen atoms in total. The zero-order valence-corrected chi connectivity index (χ0v) is 13.9. The van der Waals surface area contributed by atoms with Gasteiger partial charge in [-0.1, -0.05) is 18.2 Å². The summed E-state index contributed by atoms with van der Waals surface area (Å²) in [6.45, 7) is 4.94. The highest BCUT2D eigenvalue weighted by Gasteiger charge is 2.10. The van der Waals surface area contributed by atoms with Gasteiger partial charge in [-0.15, -0.1) is 23.7 Å². The van der Waals surface area contributed by atoms with E-state index in [0.29, 0.717) is 13.2 Å². The molecule has 2 rings (SSSR count). The minimum absolute atomic E-state index is 0. The van der Waals surface area contributed by atoms with Crippen molar-refractivity contribution in [3.63, 3.8) is 0 Å². The molecule has 5 heteroatoms. The Morgan fingerprint density at radius 2 is 2.10 bits per heavy atom. The molecule has 0 saturated heterocycles. The highest BCUT2D eigenvalue weighted by molar-refractivity contribution is 7.10. The first-order valence-electron chi connectivity index (χ1n) is 6.79. The first kappa shape index (κ1) is 18.0. The van der Waals surface area contributed by atoms with Crippen LogP contribution in [0.3, 0.4) is 0 Å². The molecule has 1 aromatic carbocycles. The molecule has 0 aliphatic rings. The molecule has 116 valence electrons. The van der Waals surface area contributed by atoms with E-state index >= 15 is 0 Å². The Labute approximate surface area is 136 Å². The molecule has 1 heterocycles. The maximum atomic E-state index is 9.94. The second-order valence-electron chi connectivity index (χ2n) is 4.93. The van der Waals surface area contributed by atoms with Crippen LogP contribution in [0, 0.1) is 6.92 Å². The first-order valence-corrected chi connectivity index (χ1v) is 7.67. The van der Waals surface area contributed by atoms with Crippen molar-refractivity contribution >= 4 is 23.7 Å². The fraction of sp³-hybridized carbons (Fsp3) is 0.375. The average Bonchev–Trinajstić information content (AvgIpc) is 2.97. The van der Waals surface area contributed by atoms with Crippen LogP contribution in [0.4, 0.5) is 0 Å². The predicted molar refractivity (Wildman–Crippen MR) is 90.7 cm³/mol. The fourth-order valence-electron chi connectivity index (χ4n) is 1.91. The van der Waals surface area contributed by atoms with E-state index in [9.17, 15) is 5.11 Å². The topological polar surface area (TPSA) is 41.5 Å². The van der Waals surface area contributed by atoms with Crippen LogP contribution in [-0.4, -0.2) is 24.4 Å². The number of hydrogen-bond donors (Lipinski definition) is 2. The zero-order valence-electron chi connectivity index (χ0n) is 12.3. The van der Waals surface area contributed by atoms with E-state index in [0.717, 1.165) is 11.3 Å². The first-order chi connectivity index (χ1) is 9.65. The van der Waals surface area contributed by atoms with Gasteiger partial charge >= 0.3 is 0 Å². The molecule has 0 amide bonds. The molecule has 0 radical (unpaired) electrons. The summed E-state index contributed by atoms with van der Waals surface area (Å²) in [7, 11) is 0. The monoisotopic (exact) mass is 327 g/mol. The van der Waals surface area contributed by atoms with Crippen molar-refractivity contribution in [1.29, 1.82) is 0 Å². The quantitative estimate of drug-likeness (QED) is 0.817. The minimum atomic E-state index is -0.516. The SMILES string of the molecule is Cc1cccc(OCC(O)CNC(C)c2cccs2)c1.Cl. The van der Waals surface area contributed by atoms with E-state index < -0.39 is 6.10 Å². The number of ether oxygens (including phenoxy) is 1. The molecule has 2 unspecified atom stereocenters. The number of aliphatic hydroxyl groups is 1. The Bertz CT molecular complexity index is 519. The molecule has 0 aliphatic carbocycles. The Morgan fingerprint density at radius 1 is 1.29 bits per heavy atom. The highest BCUT2D eigenvalue weighted by Crippen LogP contribution is 2.18. The molecule has 2 N–H and O–H groups in total. The molecule has 21 heavy (non-hydrogen) atoms. The van der Waals surface area contributed by atoms with Crippen molar-refractivity contribution in [2.24, 2.45) is 0 Å². The van der Waals surface area contributed by atoms with Crippen LogP contribution in [0.2, 0.25) is 0 Å². The van der Waals surface area contributed by atoms with Crippen molar-refractivity contribution in [1.82, 2.24) is 5.32 Å². The van der Waals surface area contributed by atoms with E-state index in [1.807, 2.05) is 37.3 Å². The number of rotatable bonds is 7. The second kappa shape index (κ2) is 9.05. The smallest absolute Gasteiger partial charge is 0.119 e. The van der Waals surface area contributed by atoms with Gasteiger partial charge in [0.2, 0.25) is 0 Å². The Morgan fingerprint density at radius 3 is 2.76 bits per heavy atom. The number of aliphatic hydroxyl groups excluding tert-OH is 1. The van der Waals surface area contributed by atoms with Gasteiger partial charge in [-0.3, -0.25) is 0 Å². The van der Waals surface area contributed by atoms with Gasteiger partial charge in [0.15, 0.2) is 0 Å². The van der Waals surface area contributed by atoms with Gasteiger partial charge in [-0.05, 0) is 43.0 Å². The van der Waals surface area contributed by atoms with Gasteiger partial charge in [0.25, 0.3) is 0 Å². The third-order valence-corrected chi connectivity index (χ3v) is 4.12.